The van der Waals surface area contributed by atoms with Gasteiger partial charge in [0.25, 0.3) is 0 Å². The molecule has 7 heteroatoms. The van der Waals surface area contributed by atoms with Crippen molar-refractivity contribution in [3.8, 4) is 0 Å². The first kappa shape index (κ1) is 23.4. The fourth-order valence-electron chi connectivity index (χ4n) is 3.74. The molecule has 1 aliphatic heterocycles. The van der Waals surface area contributed by atoms with Crippen LogP contribution < -0.4 is 5.32 Å². The van der Waals surface area contributed by atoms with Gasteiger partial charge in [-0.3, -0.25) is 19.4 Å². The van der Waals surface area contributed by atoms with E-state index >= 15 is 0 Å². The van der Waals surface area contributed by atoms with Gasteiger partial charge in [0.15, 0.2) is 0 Å². The van der Waals surface area contributed by atoms with Crippen LogP contribution in [0.5, 0.6) is 0 Å². The molecular formula is C24H31BrN4O2. The Labute approximate surface area is 193 Å². The third-order valence-electron chi connectivity index (χ3n) is 5.81. The monoisotopic (exact) mass is 486 g/mol. The van der Waals surface area contributed by atoms with Crippen molar-refractivity contribution in [2.24, 2.45) is 0 Å². The Morgan fingerprint density at radius 1 is 1.10 bits per heavy atom. The van der Waals surface area contributed by atoms with E-state index in [-0.39, 0.29) is 24.4 Å². The minimum atomic E-state index is -0.350. The minimum absolute atomic E-state index is 0.0782. The van der Waals surface area contributed by atoms with E-state index in [4.69, 9.17) is 0 Å². The fourth-order valence-corrected chi connectivity index (χ4v) is 4.22. The molecule has 2 aromatic rings. The van der Waals surface area contributed by atoms with Gasteiger partial charge < -0.3 is 10.2 Å². The van der Waals surface area contributed by atoms with Gasteiger partial charge in [-0.25, -0.2) is 0 Å². The Morgan fingerprint density at radius 2 is 1.77 bits per heavy atom. The normalized spacial score (nSPS) is 15.7. The van der Waals surface area contributed by atoms with Crippen molar-refractivity contribution in [2.45, 2.75) is 26.4 Å². The number of anilines is 1. The number of nitrogens with zero attached hydrogens (tertiary/aromatic N) is 3. The molecule has 0 aromatic heterocycles. The van der Waals surface area contributed by atoms with Crippen LogP contribution in [0.25, 0.3) is 0 Å². The molecule has 31 heavy (non-hydrogen) atoms. The highest BCUT2D eigenvalue weighted by molar-refractivity contribution is 9.10. The summed E-state index contributed by atoms with van der Waals surface area (Å²) < 4.78 is 0.975. The van der Waals surface area contributed by atoms with Crippen LogP contribution in [0, 0.1) is 6.92 Å². The Hall–Kier alpha value is -2.22. The number of hydrogen-bond donors (Lipinski definition) is 1. The summed E-state index contributed by atoms with van der Waals surface area (Å²) in [5.41, 5.74) is 3.07. The fraction of sp³-hybridized carbons (Fsp3) is 0.417. The molecule has 2 amide bonds. The van der Waals surface area contributed by atoms with Crippen LogP contribution in [0.3, 0.4) is 0 Å². The number of piperazine rings is 1. The first-order valence-corrected chi connectivity index (χ1v) is 11.4. The van der Waals surface area contributed by atoms with E-state index in [2.05, 4.69) is 50.4 Å². The van der Waals surface area contributed by atoms with Crippen LogP contribution in [0.15, 0.2) is 53.0 Å². The van der Waals surface area contributed by atoms with Crippen LogP contribution in [0.4, 0.5) is 5.69 Å². The Kier molecular flexibility index (Phi) is 8.23. The highest BCUT2D eigenvalue weighted by Crippen LogP contribution is 2.20. The average Bonchev–Trinajstić information content (AvgIpc) is 2.76. The van der Waals surface area contributed by atoms with Gasteiger partial charge in [0.05, 0.1) is 12.6 Å². The number of benzene rings is 2. The number of halogens is 1. The third kappa shape index (κ3) is 6.63. The lowest BCUT2D eigenvalue weighted by Gasteiger charge is -2.37. The van der Waals surface area contributed by atoms with Crippen molar-refractivity contribution in [1.82, 2.24) is 14.7 Å². The summed E-state index contributed by atoms with van der Waals surface area (Å²) in [5, 5.41) is 2.94. The average molecular weight is 487 g/mol. The van der Waals surface area contributed by atoms with Crippen LogP contribution in [-0.4, -0.2) is 72.3 Å². The summed E-state index contributed by atoms with van der Waals surface area (Å²) in [5.74, 6) is -0.0465. The first-order valence-electron chi connectivity index (χ1n) is 10.6. The van der Waals surface area contributed by atoms with Crippen molar-refractivity contribution >= 4 is 33.4 Å². The van der Waals surface area contributed by atoms with Crippen molar-refractivity contribution in [1.29, 1.82) is 0 Å². The van der Waals surface area contributed by atoms with Crippen LogP contribution in [-0.2, 0) is 16.1 Å². The van der Waals surface area contributed by atoms with Gasteiger partial charge in [-0.05, 0) is 50.2 Å². The van der Waals surface area contributed by atoms with E-state index in [9.17, 15) is 9.59 Å². The zero-order valence-corrected chi connectivity index (χ0v) is 20.1. The van der Waals surface area contributed by atoms with Gasteiger partial charge in [0.2, 0.25) is 11.8 Å². The lowest BCUT2D eigenvalue weighted by Crippen LogP contribution is -2.54. The zero-order chi connectivity index (χ0) is 22.4. The summed E-state index contributed by atoms with van der Waals surface area (Å²) in [6.45, 7) is 8.05. The van der Waals surface area contributed by atoms with Crippen LogP contribution in [0.1, 0.15) is 18.1 Å². The van der Waals surface area contributed by atoms with E-state index in [1.807, 2.05) is 55.0 Å². The summed E-state index contributed by atoms with van der Waals surface area (Å²) in [4.78, 5) is 31.5. The van der Waals surface area contributed by atoms with Crippen molar-refractivity contribution in [3.63, 3.8) is 0 Å². The number of hydrogen-bond acceptors (Lipinski definition) is 4. The molecule has 0 unspecified atom stereocenters. The molecule has 0 radical (unpaired) electrons. The Bertz CT molecular complexity index is 898. The third-order valence-corrected chi connectivity index (χ3v) is 6.30. The summed E-state index contributed by atoms with van der Waals surface area (Å²) >= 11 is 3.43. The SMILES string of the molecule is Cc1cc(Br)ccc1NC(=O)CN(C)[C@H](C)C(=O)N1CCN(Cc2ccccc2)CC1. The molecule has 1 aliphatic rings. The van der Waals surface area contributed by atoms with Gasteiger partial charge in [0.1, 0.15) is 0 Å². The summed E-state index contributed by atoms with van der Waals surface area (Å²) in [6, 6.07) is 15.8. The van der Waals surface area contributed by atoms with Gasteiger partial charge in [-0.15, -0.1) is 0 Å². The van der Waals surface area contributed by atoms with E-state index in [1.165, 1.54) is 5.56 Å². The van der Waals surface area contributed by atoms with Gasteiger partial charge in [0, 0.05) is 42.9 Å². The molecule has 3 rings (SSSR count). The molecule has 0 saturated carbocycles. The van der Waals surface area contributed by atoms with Gasteiger partial charge in [-0.2, -0.15) is 0 Å². The maximum absolute atomic E-state index is 13.0. The predicted octanol–water partition coefficient (Wildman–Crippen LogP) is 3.36. The van der Waals surface area contributed by atoms with E-state index in [0.29, 0.717) is 13.1 Å². The summed E-state index contributed by atoms with van der Waals surface area (Å²) in [6.07, 6.45) is 0. The number of nitrogens with one attached hydrogen (secondary N) is 1. The number of rotatable bonds is 7. The largest absolute Gasteiger partial charge is 0.339 e. The second-order valence-electron chi connectivity index (χ2n) is 8.19. The molecule has 1 saturated heterocycles. The van der Waals surface area contributed by atoms with Gasteiger partial charge >= 0.3 is 0 Å². The predicted molar refractivity (Wildman–Crippen MR) is 128 cm³/mol. The number of likely N-dealkylation sites (N-methyl/N-ethyl adjacent to an activating group) is 1. The minimum Gasteiger partial charge on any atom is -0.339 e. The van der Waals surface area contributed by atoms with Crippen molar-refractivity contribution < 1.29 is 9.59 Å². The number of carbonyl (C=O) groups is 2. The van der Waals surface area contributed by atoms with Gasteiger partial charge in [-0.1, -0.05) is 46.3 Å². The molecule has 0 spiro atoms. The Morgan fingerprint density at radius 3 is 2.42 bits per heavy atom. The lowest BCUT2D eigenvalue weighted by molar-refractivity contribution is -0.138. The molecule has 166 valence electrons. The number of carbonyl (C=O) groups excluding carboxylic acids is 2. The molecule has 6 nitrogen and oxygen atoms in total. The second-order valence-corrected chi connectivity index (χ2v) is 9.10. The smallest absolute Gasteiger partial charge is 0.239 e. The standard InChI is InChI=1S/C24H31BrN4O2/c1-18-15-21(25)9-10-22(18)26-23(30)17-27(3)19(2)24(31)29-13-11-28(12-14-29)16-20-7-5-4-6-8-20/h4-10,15,19H,11-14,16-17H2,1-3H3,(H,26,30)/t19-/m1/s1. The Balaban J connectivity index is 1.46. The molecule has 0 aliphatic carbocycles. The highest BCUT2D eigenvalue weighted by atomic mass is 79.9. The molecule has 1 atom stereocenters. The highest BCUT2D eigenvalue weighted by Gasteiger charge is 2.28. The van der Waals surface area contributed by atoms with Crippen LogP contribution in [0.2, 0.25) is 0 Å². The van der Waals surface area contributed by atoms with Crippen molar-refractivity contribution in [3.05, 3.63) is 64.1 Å². The van der Waals surface area contributed by atoms with E-state index in [1.54, 1.807) is 0 Å². The topological polar surface area (TPSA) is 55.9 Å². The quantitative estimate of drug-likeness (QED) is 0.651. The molecule has 1 heterocycles. The maximum atomic E-state index is 13.0. The molecule has 2 aromatic carbocycles. The number of amides is 2. The molecule has 1 N–H and O–H groups in total. The van der Waals surface area contributed by atoms with E-state index in [0.717, 1.165) is 35.4 Å². The van der Waals surface area contributed by atoms with Crippen LogP contribution >= 0.6 is 15.9 Å². The second kappa shape index (κ2) is 10.9. The molecule has 0 bridgehead atoms. The first-order chi connectivity index (χ1) is 14.8. The van der Waals surface area contributed by atoms with Crippen molar-refractivity contribution in [2.75, 3.05) is 45.1 Å². The molecular weight excluding hydrogens is 456 g/mol. The molecule has 1 fully saturated rings. The number of aryl methyl sites for hydroxylation is 1. The summed E-state index contributed by atoms with van der Waals surface area (Å²) in [7, 11) is 1.82. The van der Waals surface area contributed by atoms with E-state index < -0.39 is 0 Å². The lowest BCUT2D eigenvalue weighted by atomic mass is 10.2. The maximum Gasteiger partial charge on any atom is 0.239 e. The zero-order valence-electron chi connectivity index (χ0n) is 18.5.